The number of aromatic nitrogens is 1. The molecule has 1 aliphatic heterocycles. The van der Waals surface area contributed by atoms with E-state index >= 15 is 0 Å². The van der Waals surface area contributed by atoms with Crippen LogP contribution >= 0.6 is 0 Å². The number of nitrogens with zero attached hydrogens (tertiary/aromatic N) is 3. The lowest BCUT2D eigenvalue weighted by Crippen LogP contribution is -2.47. The fraction of sp³-hybridized carbons (Fsp3) is 0.182. The third-order valence-electron chi connectivity index (χ3n) is 4.84. The van der Waals surface area contributed by atoms with Crippen molar-refractivity contribution in [1.29, 1.82) is 0 Å². The lowest BCUT2D eigenvalue weighted by Gasteiger charge is -2.36. The maximum absolute atomic E-state index is 14.0. The van der Waals surface area contributed by atoms with Crippen LogP contribution in [0.2, 0.25) is 0 Å². The van der Waals surface area contributed by atoms with Gasteiger partial charge >= 0.3 is 0 Å². The van der Waals surface area contributed by atoms with Crippen LogP contribution in [0.5, 0.6) is 0 Å². The number of nitrogens with one attached hydrogen (secondary N) is 1. The van der Waals surface area contributed by atoms with Gasteiger partial charge in [-0.15, -0.1) is 0 Å². The maximum Gasteiger partial charge on any atom is 0.255 e. The Kier molecular flexibility index (Phi) is 5.19. The van der Waals surface area contributed by atoms with E-state index in [-0.39, 0.29) is 11.7 Å². The van der Waals surface area contributed by atoms with Gasteiger partial charge in [-0.2, -0.15) is 0 Å². The van der Waals surface area contributed by atoms with Gasteiger partial charge in [0.05, 0.1) is 5.69 Å². The Hall–Kier alpha value is -3.41. The Morgan fingerprint density at radius 2 is 1.57 bits per heavy atom. The highest BCUT2D eigenvalue weighted by Crippen LogP contribution is 2.22. The van der Waals surface area contributed by atoms with Gasteiger partial charge in [-0.1, -0.05) is 30.3 Å². The highest BCUT2D eigenvalue weighted by atomic mass is 19.1. The quantitative estimate of drug-likeness (QED) is 0.753. The summed E-state index contributed by atoms with van der Waals surface area (Å²) in [6.07, 6.45) is 1.65. The number of anilines is 3. The first-order valence-electron chi connectivity index (χ1n) is 9.27. The second-order valence-electron chi connectivity index (χ2n) is 6.65. The molecule has 0 saturated carbocycles. The molecule has 5 nitrogen and oxygen atoms in total. The molecule has 1 amide bonds. The molecule has 6 heteroatoms. The zero-order valence-electron chi connectivity index (χ0n) is 15.4. The Morgan fingerprint density at radius 3 is 2.32 bits per heavy atom. The van der Waals surface area contributed by atoms with E-state index in [0.717, 1.165) is 11.5 Å². The summed E-state index contributed by atoms with van der Waals surface area (Å²) in [4.78, 5) is 21.1. The van der Waals surface area contributed by atoms with Gasteiger partial charge in [-0.05, 0) is 36.4 Å². The van der Waals surface area contributed by atoms with Gasteiger partial charge < -0.3 is 15.1 Å². The predicted molar refractivity (Wildman–Crippen MR) is 109 cm³/mol. The summed E-state index contributed by atoms with van der Waals surface area (Å²) in [5, 5.41) is 2.89. The Balaban J connectivity index is 1.42. The minimum absolute atomic E-state index is 0.167. The van der Waals surface area contributed by atoms with Gasteiger partial charge in [-0.3, -0.25) is 4.79 Å². The molecular formula is C22H21FN4O. The van der Waals surface area contributed by atoms with E-state index < -0.39 is 0 Å². The number of amides is 1. The van der Waals surface area contributed by atoms with Crippen molar-refractivity contribution < 1.29 is 9.18 Å². The molecule has 0 aliphatic carbocycles. The minimum atomic E-state index is -0.200. The number of benzene rings is 2. The van der Waals surface area contributed by atoms with Crippen molar-refractivity contribution in [3.05, 3.63) is 84.3 Å². The van der Waals surface area contributed by atoms with Crippen molar-refractivity contribution in [1.82, 2.24) is 4.98 Å². The SMILES string of the molecule is O=C(Nc1ccccc1)c1ccnc(N2CCN(c3ccccc3F)CC2)c1. The monoisotopic (exact) mass is 376 g/mol. The number of carbonyl (C=O) groups is 1. The largest absolute Gasteiger partial charge is 0.366 e. The highest BCUT2D eigenvalue weighted by Gasteiger charge is 2.21. The molecule has 0 spiro atoms. The summed E-state index contributed by atoms with van der Waals surface area (Å²) < 4.78 is 14.0. The van der Waals surface area contributed by atoms with E-state index in [0.29, 0.717) is 37.4 Å². The van der Waals surface area contributed by atoms with E-state index in [4.69, 9.17) is 0 Å². The average Bonchev–Trinajstić information content (AvgIpc) is 2.75. The van der Waals surface area contributed by atoms with Crippen molar-refractivity contribution in [2.45, 2.75) is 0 Å². The van der Waals surface area contributed by atoms with Crippen molar-refractivity contribution in [3.63, 3.8) is 0 Å². The number of pyridine rings is 1. The molecule has 1 saturated heterocycles. The van der Waals surface area contributed by atoms with Crippen LogP contribution < -0.4 is 15.1 Å². The van der Waals surface area contributed by atoms with Crippen LogP contribution in [-0.2, 0) is 0 Å². The zero-order chi connectivity index (χ0) is 19.3. The third-order valence-corrected chi connectivity index (χ3v) is 4.84. The molecule has 1 aromatic heterocycles. The molecule has 1 N–H and O–H groups in total. The fourth-order valence-electron chi connectivity index (χ4n) is 3.34. The summed E-state index contributed by atoms with van der Waals surface area (Å²) in [5.74, 6) is 0.391. The van der Waals surface area contributed by atoms with E-state index in [9.17, 15) is 9.18 Å². The van der Waals surface area contributed by atoms with E-state index in [2.05, 4.69) is 15.2 Å². The van der Waals surface area contributed by atoms with Gasteiger partial charge in [0.15, 0.2) is 0 Å². The molecule has 1 fully saturated rings. The second kappa shape index (κ2) is 8.08. The molecular weight excluding hydrogens is 355 g/mol. The molecule has 0 atom stereocenters. The summed E-state index contributed by atoms with van der Waals surface area (Å²) in [5.41, 5.74) is 1.95. The van der Waals surface area contributed by atoms with Crippen LogP contribution in [0.3, 0.4) is 0 Å². The highest BCUT2D eigenvalue weighted by molar-refractivity contribution is 6.04. The predicted octanol–water partition coefficient (Wildman–Crippen LogP) is 3.80. The first-order chi connectivity index (χ1) is 13.7. The molecule has 0 unspecified atom stereocenters. The summed E-state index contributed by atoms with van der Waals surface area (Å²) in [6, 6.07) is 19.7. The second-order valence-corrected chi connectivity index (χ2v) is 6.65. The lowest BCUT2D eigenvalue weighted by molar-refractivity contribution is 0.102. The smallest absolute Gasteiger partial charge is 0.255 e. The van der Waals surface area contributed by atoms with Gasteiger partial charge in [0, 0.05) is 43.6 Å². The van der Waals surface area contributed by atoms with Crippen molar-refractivity contribution in [2.75, 3.05) is 41.3 Å². The normalized spacial score (nSPS) is 14.0. The summed E-state index contributed by atoms with van der Waals surface area (Å²) in [7, 11) is 0. The van der Waals surface area contributed by atoms with Gasteiger partial charge in [0.1, 0.15) is 11.6 Å². The standard InChI is InChI=1S/C22H21FN4O/c23-19-8-4-5-9-20(19)26-12-14-27(15-13-26)21-16-17(10-11-24-21)22(28)25-18-6-2-1-3-7-18/h1-11,16H,12-15H2,(H,25,28). The van der Waals surface area contributed by atoms with Gasteiger partial charge in [0.2, 0.25) is 0 Å². The molecule has 3 aromatic rings. The first-order valence-corrected chi connectivity index (χ1v) is 9.27. The number of para-hydroxylation sites is 2. The summed E-state index contributed by atoms with van der Waals surface area (Å²) in [6.45, 7) is 2.82. The van der Waals surface area contributed by atoms with Crippen LogP contribution in [0.15, 0.2) is 72.9 Å². The number of hydrogen-bond donors (Lipinski definition) is 1. The molecule has 4 rings (SSSR count). The molecule has 2 aromatic carbocycles. The minimum Gasteiger partial charge on any atom is -0.366 e. The molecule has 28 heavy (non-hydrogen) atoms. The fourth-order valence-corrected chi connectivity index (χ4v) is 3.34. The molecule has 142 valence electrons. The van der Waals surface area contributed by atoms with Gasteiger partial charge in [0.25, 0.3) is 5.91 Å². The van der Waals surface area contributed by atoms with E-state index in [1.54, 1.807) is 30.5 Å². The molecule has 2 heterocycles. The Labute approximate surface area is 163 Å². The van der Waals surface area contributed by atoms with Crippen molar-refractivity contribution >= 4 is 23.1 Å². The average molecular weight is 376 g/mol. The maximum atomic E-state index is 14.0. The van der Waals surface area contributed by atoms with Crippen LogP contribution in [0.25, 0.3) is 0 Å². The van der Waals surface area contributed by atoms with Gasteiger partial charge in [-0.25, -0.2) is 9.37 Å². The number of halogens is 1. The van der Waals surface area contributed by atoms with Crippen LogP contribution in [0, 0.1) is 5.82 Å². The van der Waals surface area contributed by atoms with Crippen LogP contribution in [0.4, 0.5) is 21.6 Å². The van der Waals surface area contributed by atoms with Crippen molar-refractivity contribution in [3.8, 4) is 0 Å². The van der Waals surface area contributed by atoms with Crippen molar-refractivity contribution in [2.24, 2.45) is 0 Å². The number of carbonyl (C=O) groups excluding carboxylic acids is 1. The molecule has 0 bridgehead atoms. The first kappa shape index (κ1) is 18.0. The lowest BCUT2D eigenvalue weighted by atomic mass is 10.2. The summed E-state index contributed by atoms with van der Waals surface area (Å²) >= 11 is 0. The van der Waals surface area contributed by atoms with Crippen LogP contribution in [0.1, 0.15) is 10.4 Å². The molecule has 0 radical (unpaired) electrons. The van der Waals surface area contributed by atoms with Crippen LogP contribution in [-0.4, -0.2) is 37.1 Å². The topological polar surface area (TPSA) is 48.5 Å². The molecule has 1 aliphatic rings. The van der Waals surface area contributed by atoms with E-state index in [1.807, 2.05) is 41.3 Å². The number of piperazine rings is 1. The third kappa shape index (κ3) is 3.96. The number of rotatable bonds is 4. The number of hydrogen-bond acceptors (Lipinski definition) is 4. The Morgan fingerprint density at radius 1 is 0.893 bits per heavy atom. The zero-order valence-corrected chi connectivity index (χ0v) is 15.4. The van der Waals surface area contributed by atoms with E-state index in [1.165, 1.54) is 6.07 Å². The Bertz CT molecular complexity index is 956.